The van der Waals surface area contributed by atoms with Gasteiger partial charge in [-0.05, 0) is 31.2 Å². The van der Waals surface area contributed by atoms with Gasteiger partial charge >= 0.3 is 11.7 Å². The van der Waals surface area contributed by atoms with Crippen LogP contribution in [-0.4, -0.2) is 37.1 Å². The zero-order valence-corrected chi connectivity index (χ0v) is 15.2. The van der Waals surface area contributed by atoms with Crippen LogP contribution >= 0.6 is 0 Å². The molecule has 0 fully saturated rings. The minimum absolute atomic E-state index is 0.0101. The molecule has 0 spiro atoms. The van der Waals surface area contributed by atoms with Crippen molar-refractivity contribution in [2.24, 2.45) is 0 Å². The predicted octanol–water partition coefficient (Wildman–Crippen LogP) is 2.94. The Labute approximate surface area is 159 Å². The van der Waals surface area contributed by atoms with E-state index in [4.69, 9.17) is 14.2 Å². The maximum atomic E-state index is 13.4. The van der Waals surface area contributed by atoms with Crippen LogP contribution in [0, 0.1) is 15.9 Å². The standard InChI is InChI=1S/C18H17FN2O7/c1-10(17(22)20-12-4-5-15(19)16(8-12)21(24)25)28-18(23)11-6-13(26-2)9-14(7-11)27-3/h4-10H,1-3H3,(H,20,22)/t10-/m0/s1. The van der Waals surface area contributed by atoms with Gasteiger partial charge in [0.1, 0.15) is 11.5 Å². The van der Waals surface area contributed by atoms with E-state index in [-0.39, 0.29) is 11.3 Å². The zero-order chi connectivity index (χ0) is 20.8. The lowest BCUT2D eigenvalue weighted by Crippen LogP contribution is -2.30. The summed E-state index contributed by atoms with van der Waals surface area (Å²) in [7, 11) is 2.84. The Morgan fingerprint density at radius 1 is 1.11 bits per heavy atom. The molecule has 2 aromatic rings. The average Bonchev–Trinajstić information content (AvgIpc) is 2.68. The number of nitro groups is 1. The van der Waals surface area contributed by atoms with Crippen molar-refractivity contribution in [3.63, 3.8) is 0 Å². The normalized spacial score (nSPS) is 11.3. The fraction of sp³-hybridized carbons (Fsp3) is 0.222. The summed E-state index contributed by atoms with van der Waals surface area (Å²) in [5.74, 6) is -1.85. The molecule has 9 nitrogen and oxygen atoms in total. The second-order valence-corrected chi connectivity index (χ2v) is 5.56. The number of nitrogens with zero attached hydrogens (tertiary/aromatic N) is 1. The third-order valence-electron chi connectivity index (χ3n) is 3.65. The number of nitro benzene ring substituents is 1. The van der Waals surface area contributed by atoms with E-state index in [1.807, 2.05) is 0 Å². The van der Waals surface area contributed by atoms with Crippen LogP contribution in [0.1, 0.15) is 17.3 Å². The third kappa shape index (κ3) is 4.93. The van der Waals surface area contributed by atoms with E-state index < -0.39 is 34.4 Å². The Morgan fingerprint density at radius 2 is 1.71 bits per heavy atom. The lowest BCUT2D eigenvalue weighted by Gasteiger charge is -2.14. The Balaban J connectivity index is 2.09. The Hall–Kier alpha value is -3.69. The van der Waals surface area contributed by atoms with Gasteiger partial charge in [-0.3, -0.25) is 14.9 Å². The van der Waals surface area contributed by atoms with Crippen LogP contribution in [0.25, 0.3) is 0 Å². The van der Waals surface area contributed by atoms with Crippen molar-refractivity contribution in [3.05, 3.63) is 57.9 Å². The van der Waals surface area contributed by atoms with Crippen molar-refractivity contribution < 1.29 is 33.1 Å². The summed E-state index contributed by atoms with van der Waals surface area (Å²) >= 11 is 0. The van der Waals surface area contributed by atoms with E-state index in [1.54, 1.807) is 6.07 Å². The quantitative estimate of drug-likeness (QED) is 0.437. The summed E-state index contributed by atoms with van der Waals surface area (Å²) in [6, 6.07) is 7.27. The summed E-state index contributed by atoms with van der Waals surface area (Å²) in [5, 5.41) is 13.1. The number of benzene rings is 2. The number of ether oxygens (including phenoxy) is 3. The molecule has 10 heteroatoms. The predicted molar refractivity (Wildman–Crippen MR) is 96.1 cm³/mol. The number of nitrogens with one attached hydrogen (secondary N) is 1. The van der Waals surface area contributed by atoms with Crippen LogP contribution in [0.2, 0.25) is 0 Å². The highest BCUT2D eigenvalue weighted by molar-refractivity contribution is 5.97. The molecule has 0 bridgehead atoms. The van der Waals surface area contributed by atoms with Crippen molar-refractivity contribution in [2.45, 2.75) is 13.0 Å². The average molecular weight is 392 g/mol. The number of amides is 1. The molecule has 0 saturated heterocycles. The number of methoxy groups -OCH3 is 2. The maximum Gasteiger partial charge on any atom is 0.339 e. The number of rotatable bonds is 7. The lowest BCUT2D eigenvalue weighted by atomic mass is 10.2. The highest BCUT2D eigenvalue weighted by atomic mass is 19.1. The van der Waals surface area contributed by atoms with Crippen LogP contribution in [0.3, 0.4) is 0 Å². The van der Waals surface area contributed by atoms with Crippen molar-refractivity contribution >= 4 is 23.3 Å². The largest absolute Gasteiger partial charge is 0.497 e. The van der Waals surface area contributed by atoms with E-state index in [2.05, 4.69) is 5.32 Å². The van der Waals surface area contributed by atoms with Gasteiger partial charge in [0.05, 0.1) is 24.7 Å². The number of anilines is 1. The molecule has 0 radical (unpaired) electrons. The molecule has 0 aromatic heterocycles. The molecule has 0 heterocycles. The molecule has 0 aliphatic heterocycles. The number of halogens is 1. The first kappa shape index (κ1) is 20.6. The van der Waals surface area contributed by atoms with E-state index in [0.717, 1.165) is 18.2 Å². The first-order valence-corrected chi connectivity index (χ1v) is 7.94. The van der Waals surface area contributed by atoms with Gasteiger partial charge in [0, 0.05) is 17.8 Å². The molecule has 1 N–H and O–H groups in total. The Bertz CT molecular complexity index is 895. The Kier molecular flexibility index (Phi) is 6.48. The SMILES string of the molecule is COc1cc(OC)cc(C(=O)O[C@@H](C)C(=O)Nc2ccc(F)c([N+](=O)[O-])c2)c1. The second-order valence-electron chi connectivity index (χ2n) is 5.56. The molecule has 148 valence electrons. The van der Waals surface area contributed by atoms with E-state index >= 15 is 0 Å². The molecular weight excluding hydrogens is 375 g/mol. The topological polar surface area (TPSA) is 117 Å². The highest BCUT2D eigenvalue weighted by Crippen LogP contribution is 2.24. The summed E-state index contributed by atoms with van der Waals surface area (Å²) in [4.78, 5) is 34.3. The van der Waals surface area contributed by atoms with Crippen molar-refractivity contribution in [2.75, 3.05) is 19.5 Å². The molecule has 0 aliphatic rings. The van der Waals surface area contributed by atoms with Gasteiger partial charge in [-0.1, -0.05) is 0 Å². The number of hydrogen-bond acceptors (Lipinski definition) is 7. The Morgan fingerprint density at radius 3 is 2.25 bits per heavy atom. The van der Waals surface area contributed by atoms with E-state index in [1.165, 1.54) is 33.3 Å². The van der Waals surface area contributed by atoms with E-state index in [0.29, 0.717) is 11.5 Å². The van der Waals surface area contributed by atoms with Crippen LogP contribution in [0.5, 0.6) is 11.5 Å². The summed E-state index contributed by atoms with van der Waals surface area (Å²) < 4.78 is 28.6. The number of hydrogen-bond donors (Lipinski definition) is 1. The number of carbonyl (C=O) groups excluding carboxylic acids is 2. The summed E-state index contributed by atoms with van der Waals surface area (Å²) in [5.41, 5.74) is -0.691. The first-order valence-electron chi connectivity index (χ1n) is 7.94. The molecule has 1 amide bonds. The molecule has 0 unspecified atom stereocenters. The van der Waals surface area contributed by atoms with Gasteiger partial charge < -0.3 is 19.5 Å². The van der Waals surface area contributed by atoms with Crippen LogP contribution < -0.4 is 14.8 Å². The minimum Gasteiger partial charge on any atom is -0.497 e. The van der Waals surface area contributed by atoms with Crippen molar-refractivity contribution in [1.29, 1.82) is 0 Å². The molecule has 28 heavy (non-hydrogen) atoms. The van der Waals surface area contributed by atoms with Gasteiger partial charge in [0.25, 0.3) is 5.91 Å². The number of esters is 1. The first-order chi connectivity index (χ1) is 13.2. The fourth-order valence-corrected chi connectivity index (χ4v) is 2.18. The van der Waals surface area contributed by atoms with Gasteiger partial charge in [0.15, 0.2) is 6.10 Å². The molecular formula is C18H17FN2O7. The lowest BCUT2D eigenvalue weighted by molar-refractivity contribution is -0.387. The third-order valence-corrected chi connectivity index (χ3v) is 3.65. The maximum absolute atomic E-state index is 13.4. The molecule has 2 rings (SSSR count). The van der Waals surface area contributed by atoms with Crippen molar-refractivity contribution in [3.8, 4) is 11.5 Å². The molecule has 0 saturated carbocycles. The van der Waals surface area contributed by atoms with Crippen LogP contribution in [-0.2, 0) is 9.53 Å². The molecule has 2 aromatic carbocycles. The molecule has 1 atom stereocenters. The smallest absolute Gasteiger partial charge is 0.339 e. The summed E-state index contributed by atoms with van der Waals surface area (Å²) in [6.07, 6.45) is -1.23. The highest BCUT2D eigenvalue weighted by Gasteiger charge is 2.22. The van der Waals surface area contributed by atoms with Gasteiger partial charge in [0.2, 0.25) is 5.82 Å². The number of carbonyl (C=O) groups is 2. The summed E-state index contributed by atoms with van der Waals surface area (Å²) in [6.45, 7) is 1.32. The monoisotopic (exact) mass is 392 g/mol. The van der Waals surface area contributed by atoms with E-state index in [9.17, 15) is 24.1 Å². The zero-order valence-electron chi connectivity index (χ0n) is 15.2. The second kappa shape index (κ2) is 8.80. The van der Waals surface area contributed by atoms with Crippen LogP contribution in [0.15, 0.2) is 36.4 Å². The van der Waals surface area contributed by atoms with Gasteiger partial charge in [-0.25, -0.2) is 4.79 Å². The van der Waals surface area contributed by atoms with Gasteiger partial charge in [-0.15, -0.1) is 0 Å². The van der Waals surface area contributed by atoms with Crippen LogP contribution in [0.4, 0.5) is 15.8 Å². The van der Waals surface area contributed by atoms with Gasteiger partial charge in [-0.2, -0.15) is 4.39 Å². The molecule has 0 aliphatic carbocycles. The fourth-order valence-electron chi connectivity index (χ4n) is 2.18. The minimum atomic E-state index is -1.23. The van der Waals surface area contributed by atoms with Crippen molar-refractivity contribution in [1.82, 2.24) is 0 Å².